The number of rotatable bonds is 4. The molecule has 0 bridgehead atoms. The van der Waals surface area contributed by atoms with Gasteiger partial charge in [0, 0.05) is 17.3 Å². The van der Waals surface area contributed by atoms with E-state index in [-0.39, 0.29) is 5.75 Å². The first-order valence-electron chi connectivity index (χ1n) is 5.96. The van der Waals surface area contributed by atoms with Crippen LogP contribution in [0.5, 0.6) is 11.5 Å². The summed E-state index contributed by atoms with van der Waals surface area (Å²) in [4.78, 5) is 0. The predicted octanol–water partition coefficient (Wildman–Crippen LogP) is 3.97. The lowest BCUT2D eigenvalue weighted by atomic mass is 10.1. The molecule has 2 aromatic rings. The molecule has 0 heterocycles. The van der Waals surface area contributed by atoms with E-state index in [0.717, 1.165) is 21.8 Å². The van der Waals surface area contributed by atoms with E-state index in [1.807, 2.05) is 37.3 Å². The van der Waals surface area contributed by atoms with Crippen LogP contribution in [0, 0.1) is 6.92 Å². The van der Waals surface area contributed by atoms with E-state index >= 15 is 0 Å². The Morgan fingerprint density at radius 2 is 2.05 bits per heavy atom. The van der Waals surface area contributed by atoms with Crippen LogP contribution in [0.2, 0.25) is 5.02 Å². The van der Waals surface area contributed by atoms with E-state index in [0.29, 0.717) is 12.3 Å². The van der Waals surface area contributed by atoms with Gasteiger partial charge in [-0.3, -0.25) is 0 Å². The molecule has 0 atom stereocenters. The summed E-state index contributed by atoms with van der Waals surface area (Å²) in [5.41, 5.74) is 3.04. The summed E-state index contributed by atoms with van der Waals surface area (Å²) in [6.07, 6.45) is 0. The molecular formula is C15H16ClNO2. The largest absolute Gasteiger partial charge is 0.504 e. The summed E-state index contributed by atoms with van der Waals surface area (Å²) in [6.45, 7) is 2.61. The van der Waals surface area contributed by atoms with Crippen LogP contribution in [-0.2, 0) is 6.54 Å². The lowest BCUT2D eigenvalue weighted by Crippen LogP contribution is -2.01. The van der Waals surface area contributed by atoms with Crippen molar-refractivity contribution in [2.75, 3.05) is 12.4 Å². The van der Waals surface area contributed by atoms with E-state index in [1.54, 1.807) is 6.07 Å². The number of hydrogen-bond acceptors (Lipinski definition) is 3. The topological polar surface area (TPSA) is 41.5 Å². The summed E-state index contributed by atoms with van der Waals surface area (Å²) in [5.74, 6) is 0.618. The highest BCUT2D eigenvalue weighted by atomic mass is 35.5. The summed E-state index contributed by atoms with van der Waals surface area (Å²) >= 11 is 6.07. The predicted molar refractivity (Wildman–Crippen MR) is 78.2 cm³/mol. The maximum absolute atomic E-state index is 9.54. The molecule has 4 heteroatoms. The lowest BCUT2D eigenvalue weighted by molar-refractivity contribution is 0.373. The average molecular weight is 278 g/mol. The second-order valence-electron chi connectivity index (χ2n) is 4.27. The summed E-state index contributed by atoms with van der Waals surface area (Å²) < 4.78 is 5.08. The molecule has 0 saturated heterocycles. The van der Waals surface area contributed by atoms with Gasteiger partial charge in [-0.15, -0.1) is 0 Å². The second kappa shape index (κ2) is 5.85. The Labute approximate surface area is 117 Å². The van der Waals surface area contributed by atoms with Crippen molar-refractivity contribution in [1.29, 1.82) is 0 Å². The van der Waals surface area contributed by atoms with Crippen LogP contribution in [0.25, 0.3) is 0 Å². The van der Waals surface area contributed by atoms with Crippen molar-refractivity contribution in [3.8, 4) is 11.5 Å². The number of nitrogens with one attached hydrogen (secondary N) is 1. The van der Waals surface area contributed by atoms with Gasteiger partial charge in [0.25, 0.3) is 0 Å². The number of phenols is 1. The monoisotopic (exact) mass is 277 g/mol. The summed E-state index contributed by atoms with van der Waals surface area (Å²) in [7, 11) is 1.54. The Kier molecular flexibility index (Phi) is 4.17. The van der Waals surface area contributed by atoms with Crippen molar-refractivity contribution < 1.29 is 9.84 Å². The van der Waals surface area contributed by atoms with Crippen molar-refractivity contribution >= 4 is 17.3 Å². The number of phenolic OH excluding ortho intramolecular Hbond substituents is 1. The zero-order valence-electron chi connectivity index (χ0n) is 10.9. The van der Waals surface area contributed by atoms with Crippen LogP contribution in [0.15, 0.2) is 36.4 Å². The molecule has 0 spiro atoms. The molecule has 3 nitrogen and oxygen atoms in total. The van der Waals surface area contributed by atoms with Gasteiger partial charge in [0.1, 0.15) is 0 Å². The van der Waals surface area contributed by atoms with E-state index in [4.69, 9.17) is 16.3 Å². The third-order valence-corrected chi connectivity index (χ3v) is 3.40. The molecule has 2 rings (SSSR count). The van der Waals surface area contributed by atoms with E-state index < -0.39 is 0 Å². The minimum absolute atomic E-state index is 0.144. The van der Waals surface area contributed by atoms with E-state index in [1.165, 1.54) is 7.11 Å². The number of aromatic hydroxyl groups is 1. The number of halogens is 1. The Bertz CT molecular complexity index is 584. The first-order valence-corrected chi connectivity index (χ1v) is 6.34. The maximum Gasteiger partial charge on any atom is 0.160 e. The molecule has 0 amide bonds. The molecule has 0 saturated carbocycles. The Balaban J connectivity index is 2.12. The van der Waals surface area contributed by atoms with Crippen molar-refractivity contribution in [1.82, 2.24) is 0 Å². The third kappa shape index (κ3) is 3.12. The summed E-state index contributed by atoms with van der Waals surface area (Å²) in [5, 5.41) is 13.6. The molecule has 0 aliphatic rings. The minimum atomic E-state index is 0.144. The first-order chi connectivity index (χ1) is 9.11. The quantitative estimate of drug-likeness (QED) is 0.888. The van der Waals surface area contributed by atoms with Gasteiger partial charge in [0.05, 0.1) is 7.11 Å². The third-order valence-electron chi connectivity index (χ3n) is 2.99. The van der Waals surface area contributed by atoms with Crippen LogP contribution in [0.4, 0.5) is 5.69 Å². The number of methoxy groups -OCH3 is 1. The van der Waals surface area contributed by atoms with Gasteiger partial charge in [-0.25, -0.2) is 0 Å². The number of anilines is 1. The van der Waals surface area contributed by atoms with Gasteiger partial charge in [-0.2, -0.15) is 0 Å². The number of benzene rings is 2. The fourth-order valence-corrected chi connectivity index (χ4v) is 2.00. The highest BCUT2D eigenvalue weighted by Gasteiger charge is 2.04. The zero-order chi connectivity index (χ0) is 13.8. The molecule has 0 aliphatic carbocycles. The average Bonchev–Trinajstić information content (AvgIpc) is 2.42. The standard InChI is InChI=1S/C15H16ClNO2/c1-10-12(16)4-3-5-13(10)17-9-11-6-7-14(18)15(8-11)19-2/h3-8,17-18H,9H2,1-2H3. The first kappa shape index (κ1) is 13.6. The second-order valence-corrected chi connectivity index (χ2v) is 4.68. The molecule has 100 valence electrons. The van der Waals surface area contributed by atoms with Crippen LogP contribution >= 0.6 is 11.6 Å². The Hall–Kier alpha value is -1.87. The normalized spacial score (nSPS) is 10.3. The van der Waals surface area contributed by atoms with E-state index in [9.17, 15) is 5.11 Å². The maximum atomic E-state index is 9.54. The van der Waals surface area contributed by atoms with Crippen LogP contribution < -0.4 is 10.1 Å². The van der Waals surface area contributed by atoms with Gasteiger partial charge in [0.15, 0.2) is 11.5 Å². The van der Waals surface area contributed by atoms with Crippen molar-refractivity contribution in [2.45, 2.75) is 13.5 Å². The fraction of sp³-hybridized carbons (Fsp3) is 0.200. The van der Waals surface area contributed by atoms with Crippen molar-refractivity contribution in [3.63, 3.8) is 0 Å². The molecule has 0 radical (unpaired) electrons. The molecule has 2 N–H and O–H groups in total. The lowest BCUT2D eigenvalue weighted by Gasteiger charge is -2.11. The number of ether oxygens (including phenoxy) is 1. The SMILES string of the molecule is COc1cc(CNc2cccc(Cl)c2C)ccc1O. The van der Waals surface area contributed by atoms with Crippen LogP contribution in [0.1, 0.15) is 11.1 Å². The highest BCUT2D eigenvalue weighted by molar-refractivity contribution is 6.31. The molecular weight excluding hydrogens is 262 g/mol. The minimum Gasteiger partial charge on any atom is -0.504 e. The molecule has 0 aliphatic heterocycles. The van der Waals surface area contributed by atoms with Gasteiger partial charge in [0.2, 0.25) is 0 Å². The van der Waals surface area contributed by atoms with Gasteiger partial charge in [-0.1, -0.05) is 23.7 Å². The van der Waals surface area contributed by atoms with E-state index in [2.05, 4.69) is 5.32 Å². The van der Waals surface area contributed by atoms with Crippen molar-refractivity contribution in [2.24, 2.45) is 0 Å². The highest BCUT2D eigenvalue weighted by Crippen LogP contribution is 2.27. The van der Waals surface area contributed by atoms with Crippen LogP contribution in [-0.4, -0.2) is 12.2 Å². The smallest absolute Gasteiger partial charge is 0.160 e. The van der Waals surface area contributed by atoms with Crippen molar-refractivity contribution in [3.05, 3.63) is 52.5 Å². The Morgan fingerprint density at radius 3 is 2.79 bits per heavy atom. The molecule has 2 aromatic carbocycles. The van der Waals surface area contributed by atoms with Gasteiger partial charge >= 0.3 is 0 Å². The fourth-order valence-electron chi connectivity index (χ4n) is 1.83. The molecule has 0 aromatic heterocycles. The van der Waals surface area contributed by atoms with Gasteiger partial charge in [-0.05, 0) is 42.3 Å². The zero-order valence-corrected chi connectivity index (χ0v) is 11.7. The summed E-state index contributed by atoms with van der Waals surface area (Å²) in [6, 6.07) is 11.0. The van der Waals surface area contributed by atoms with Crippen LogP contribution in [0.3, 0.4) is 0 Å². The Morgan fingerprint density at radius 1 is 1.26 bits per heavy atom. The van der Waals surface area contributed by atoms with Gasteiger partial charge < -0.3 is 15.2 Å². The molecule has 0 unspecified atom stereocenters. The number of hydrogen-bond donors (Lipinski definition) is 2. The molecule has 0 fully saturated rings. The molecule has 19 heavy (non-hydrogen) atoms.